The molecule has 0 atom stereocenters. The highest BCUT2D eigenvalue weighted by molar-refractivity contribution is 4.74. The van der Waals surface area contributed by atoms with Crippen LogP contribution in [0.2, 0.25) is 0 Å². The Morgan fingerprint density at radius 1 is 1.40 bits per heavy atom. The second-order valence-corrected chi connectivity index (χ2v) is 2.70. The SMILES string of the molecule is C=C(C)OCC(CC)CC. The minimum atomic E-state index is 0.705. The van der Waals surface area contributed by atoms with Crippen molar-refractivity contribution in [3.05, 3.63) is 12.3 Å². The molecule has 0 heterocycles. The van der Waals surface area contributed by atoms with Crippen LogP contribution in [0.4, 0.5) is 0 Å². The van der Waals surface area contributed by atoms with Crippen molar-refractivity contribution in [2.24, 2.45) is 5.92 Å². The number of hydrogen-bond acceptors (Lipinski definition) is 1. The van der Waals surface area contributed by atoms with Crippen LogP contribution in [-0.2, 0) is 4.74 Å². The van der Waals surface area contributed by atoms with Gasteiger partial charge >= 0.3 is 0 Å². The lowest BCUT2D eigenvalue weighted by atomic mass is 10.1. The molecule has 1 nitrogen and oxygen atoms in total. The molecule has 0 radical (unpaired) electrons. The summed E-state index contributed by atoms with van der Waals surface area (Å²) >= 11 is 0. The molecule has 60 valence electrons. The van der Waals surface area contributed by atoms with Crippen LogP contribution < -0.4 is 0 Å². The highest BCUT2D eigenvalue weighted by Crippen LogP contribution is 2.08. The summed E-state index contributed by atoms with van der Waals surface area (Å²) in [5, 5.41) is 0. The molecule has 0 spiro atoms. The molecule has 0 aliphatic rings. The van der Waals surface area contributed by atoms with E-state index in [0.29, 0.717) is 5.92 Å². The smallest absolute Gasteiger partial charge is 0.0904 e. The third kappa shape index (κ3) is 4.42. The third-order valence-electron chi connectivity index (χ3n) is 1.72. The van der Waals surface area contributed by atoms with Gasteiger partial charge in [0.1, 0.15) is 0 Å². The summed E-state index contributed by atoms with van der Waals surface area (Å²) in [4.78, 5) is 0. The Morgan fingerprint density at radius 3 is 2.20 bits per heavy atom. The molecule has 0 aliphatic heterocycles. The zero-order valence-corrected chi connectivity index (χ0v) is 7.31. The van der Waals surface area contributed by atoms with Gasteiger partial charge in [0.15, 0.2) is 0 Å². The second kappa shape index (κ2) is 5.33. The maximum Gasteiger partial charge on any atom is 0.0904 e. The highest BCUT2D eigenvalue weighted by atomic mass is 16.5. The molecule has 0 N–H and O–H groups in total. The quantitative estimate of drug-likeness (QED) is 0.536. The Morgan fingerprint density at radius 2 is 1.90 bits per heavy atom. The summed E-state index contributed by atoms with van der Waals surface area (Å²) < 4.78 is 5.29. The minimum absolute atomic E-state index is 0.705. The van der Waals surface area contributed by atoms with Crippen LogP contribution in [0.5, 0.6) is 0 Å². The van der Waals surface area contributed by atoms with E-state index in [1.807, 2.05) is 6.92 Å². The summed E-state index contributed by atoms with van der Waals surface area (Å²) in [7, 11) is 0. The minimum Gasteiger partial charge on any atom is -0.499 e. The van der Waals surface area contributed by atoms with Crippen LogP contribution in [0.15, 0.2) is 12.3 Å². The molecule has 0 aliphatic carbocycles. The van der Waals surface area contributed by atoms with E-state index < -0.39 is 0 Å². The van der Waals surface area contributed by atoms with Crippen LogP contribution in [0.1, 0.15) is 33.6 Å². The van der Waals surface area contributed by atoms with Gasteiger partial charge < -0.3 is 4.74 Å². The lowest BCUT2D eigenvalue weighted by Gasteiger charge is -2.12. The number of rotatable bonds is 5. The highest BCUT2D eigenvalue weighted by Gasteiger charge is 2.02. The van der Waals surface area contributed by atoms with E-state index >= 15 is 0 Å². The van der Waals surface area contributed by atoms with Gasteiger partial charge in [-0.2, -0.15) is 0 Å². The van der Waals surface area contributed by atoms with E-state index in [9.17, 15) is 0 Å². The van der Waals surface area contributed by atoms with Crippen LogP contribution in [0, 0.1) is 5.92 Å². The molecule has 0 saturated carbocycles. The van der Waals surface area contributed by atoms with Crippen molar-refractivity contribution in [3.8, 4) is 0 Å². The van der Waals surface area contributed by atoms with Crippen LogP contribution in [0.3, 0.4) is 0 Å². The Kier molecular flexibility index (Phi) is 5.09. The van der Waals surface area contributed by atoms with E-state index in [1.54, 1.807) is 0 Å². The lowest BCUT2D eigenvalue weighted by molar-refractivity contribution is 0.162. The Balaban J connectivity index is 3.34. The molecular weight excluding hydrogens is 124 g/mol. The maximum absolute atomic E-state index is 5.29. The van der Waals surface area contributed by atoms with E-state index in [0.717, 1.165) is 12.4 Å². The van der Waals surface area contributed by atoms with Gasteiger partial charge in [-0.15, -0.1) is 0 Å². The van der Waals surface area contributed by atoms with E-state index in [-0.39, 0.29) is 0 Å². The normalized spacial score (nSPS) is 10.0. The number of ether oxygens (including phenoxy) is 1. The molecule has 10 heavy (non-hydrogen) atoms. The molecule has 0 fully saturated rings. The first kappa shape index (κ1) is 9.54. The van der Waals surface area contributed by atoms with Gasteiger partial charge in [-0.1, -0.05) is 33.3 Å². The van der Waals surface area contributed by atoms with Gasteiger partial charge in [0.2, 0.25) is 0 Å². The molecular formula is C9H18O. The molecule has 0 aromatic rings. The Hall–Kier alpha value is -0.460. The van der Waals surface area contributed by atoms with Crippen molar-refractivity contribution in [2.75, 3.05) is 6.61 Å². The monoisotopic (exact) mass is 142 g/mol. The van der Waals surface area contributed by atoms with Crippen LogP contribution in [0.25, 0.3) is 0 Å². The molecule has 0 bridgehead atoms. The molecule has 0 aromatic heterocycles. The van der Waals surface area contributed by atoms with Crippen LogP contribution >= 0.6 is 0 Å². The van der Waals surface area contributed by atoms with Crippen molar-refractivity contribution in [3.63, 3.8) is 0 Å². The average Bonchev–Trinajstić information content (AvgIpc) is 1.90. The fraction of sp³-hybridized carbons (Fsp3) is 0.778. The molecule has 0 amide bonds. The predicted molar refractivity (Wildman–Crippen MR) is 44.8 cm³/mol. The fourth-order valence-electron chi connectivity index (χ4n) is 0.784. The number of hydrogen-bond donors (Lipinski definition) is 0. The Bertz CT molecular complexity index is 92.9. The van der Waals surface area contributed by atoms with Crippen molar-refractivity contribution >= 4 is 0 Å². The van der Waals surface area contributed by atoms with E-state index in [4.69, 9.17) is 4.74 Å². The Labute approximate surface area is 64.1 Å². The maximum atomic E-state index is 5.29. The molecule has 0 rings (SSSR count). The summed E-state index contributed by atoms with van der Waals surface area (Å²) in [6.07, 6.45) is 2.40. The van der Waals surface area contributed by atoms with Crippen LogP contribution in [-0.4, -0.2) is 6.61 Å². The molecule has 0 unspecified atom stereocenters. The van der Waals surface area contributed by atoms with Gasteiger partial charge in [-0.25, -0.2) is 0 Å². The van der Waals surface area contributed by atoms with Crippen molar-refractivity contribution < 1.29 is 4.74 Å². The average molecular weight is 142 g/mol. The molecule has 0 aromatic carbocycles. The zero-order valence-electron chi connectivity index (χ0n) is 7.31. The first-order valence-corrected chi connectivity index (χ1v) is 3.99. The van der Waals surface area contributed by atoms with E-state index in [2.05, 4.69) is 20.4 Å². The fourth-order valence-corrected chi connectivity index (χ4v) is 0.784. The summed E-state index contributed by atoms with van der Waals surface area (Å²) in [6, 6.07) is 0. The summed E-state index contributed by atoms with van der Waals surface area (Å²) in [5.41, 5.74) is 0. The molecule has 0 saturated heterocycles. The van der Waals surface area contributed by atoms with Crippen molar-refractivity contribution in [1.29, 1.82) is 0 Å². The number of allylic oxidation sites excluding steroid dienone is 1. The van der Waals surface area contributed by atoms with Gasteiger partial charge in [0.05, 0.1) is 12.4 Å². The van der Waals surface area contributed by atoms with Gasteiger partial charge in [0.25, 0.3) is 0 Å². The second-order valence-electron chi connectivity index (χ2n) is 2.70. The zero-order chi connectivity index (χ0) is 7.98. The van der Waals surface area contributed by atoms with Gasteiger partial charge in [0, 0.05) is 0 Å². The summed E-state index contributed by atoms with van der Waals surface area (Å²) in [5.74, 6) is 1.53. The van der Waals surface area contributed by atoms with Gasteiger partial charge in [-0.3, -0.25) is 0 Å². The first-order chi connectivity index (χ1) is 4.70. The predicted octanol–water partition coefficient (Wildman–Crippen LogP) is 2.97. The van der Waals surface area contributed by atoms with Crippen molar-refractivity contribution in [2.45, 2.75) is 33.6 Å². The topological polar surface area (TPSA) is 9.23 Å². The first-order valence-electron chi connectivity index (χ1n) is 3.99. The standard InChI is InChI=1S/C9H18O/c1-5-9(6-2)7-10-8(3)4/h9H,3,5-7H2,1-2,4H3. The largest absolute Gasteiger partial charge is 0.499 e. The van der Waals surface area contributed by atoms with E-state index in [1.165, 1.54) is 12.8 Å². The van der Waals surface area contributed by atoms with Crippen molar-refractivity contribution in [1.82, 2.24) is 0 Å². The summed E-state index contributed by atoms with van der Waals surface area (Å²) in [6.45, 7) is 10.8. The van der Waals surface area contributed by atoms with Gasteiger partial charge in [-0.05, 0) is 12.8 Å². The lowest BCUT2D eigenvalue weighted by Crippen LogP contribution is -2.05. The molecule has 1 heteroatoms. The third-order valence-corrected chi connectivity index (χ3v) is 1.72.